The van der Waals surface area contributed by atoms with E-state index in [0.29, 0.717) is 24.5 Å². The van der Waals surface area contributed by atoms with Crippen LogP contribution in [0.2, 0.25) is 0 Å². The second-order valence-corrected chi connectivity index (χ2v) is 6.48. The Morgan fingerprint density at radius 1 is 1.40 bits per heavy atom. The highest BCUT2D eigenvalue weighted by Gasteiger charge is 2.42. The number of carbonyl (C=O) groups excluding carboxylic acids is 1. The predicted molar refractivity (Wildman–Crippen MR) is 92.3 cm³/mol. The van der Waals surface area contributed by atoms with Gasteiger partial charge < -0.3 is 19.7 Å². The van der Waals surface area contributed by atoms with Crippen molar-refractivity contribution in [3.05, 3.63) is 29.3 Å². The molecule has 25 heavy (non-hydrogen) atoms. The first kappa shape index (κ1) is 17.5. The number of carbonyl (C=O) groups is 1. The van der Waals surface area contributed by atoms with Crippen molar-refractivity contribution in [2.24, 2.45) is 0 Å². The van der Waals surface area contributed by atoms with Gasteiger partial charge in [0.25, 0.3) is 0 Å². The van der Waals surface area contributed by atoms with Crippen molar-refractivity contribution in [3.8, 4) is 11.8 Å². The molecule has 0 saturated carbocycles. The number of rotatable bonds is 6. The van der Waals surface area contributed by atoms with E-state index in [1.165, 1.54) is 0 Å². The number of nitriles is 1. The molecule has 3 rings (SSSR count). The van der Waals surface area contributed by atoms with Crippen LogP contribution in [-0.2, 0) is 11.3 Å². The molecule has 2 saturated heterocycles. The normalized spacial score (nSPS) is 23.1. The van der Waals surface area contributed by atoms with Crippen molar-refractivity contribution >= 4 is 6.03 Å². The van der Waals surface area contributed by atoms with Gasteiger partial charge in [-0.2, -0.15) is 5.26 Å². The van der Waals surface area contributed by atoms with Gasteiger partial charge in [0.2, 0.25) is 0 Å². The molecule has 0 bridgehead atoms. The maximum Gasteiger partial charge on any atom is 0.318 e. The van der Waals surface area contributed by atoms with Gasteiger partial charge in [0.1, 0.15) is 11.8 Å². The van der Waals surface area contributed by atoms with Crippen molar-refractivity contribution in [3.63, 3.8) is 0 Å². The van der Waals surface area contributed by atoms with Crippen LogP contribution in [0.4, 0.5) is 4.79 Å². The molecule has 7 nitrogen and oxygen atoms in total. The van der Waals surface area contributed by atoms with Crippen LogP contribution < -0.4 is 10.1 Å². The number of amides is 2. The summed E-state index contributed by atoms with van der Waals surface area (Å²) in [5.41, 5.74) is 1.63. The Balaban J connectivity index is 1.62. The molecule has 2 aliphatic heterocycles. The number of fused-ring (bicyclic) bond motifs is 1. The molecular weight excluding hydrogens is 320 g/mol. The predicted octanol–water partition coefficient (Wildman–Crippen LogP) is 1.18. The molecule has 134 valence electrons. The quantitative estimate of drug-likeness (QED) is 0.838. The number of ether oxygens (including phenoxy) is 2. The average molecular weight is 344 g/mol. The Labute approximate surface area is 148 Å². The minimum Gasteiger partial charge on any atom is -0.495 e. The second-order valence-electron chi connectivity index (χ2n) is 6.48. The average Bonchev–Trinajstić information content (AvgIpc) is 2.94. The first-order valence-electron chi connectivity index (χ1n) is 8.51. The van der Waals surface area contributed by atoms with E-state index in [0.717, 1.165) is 31.6 Å². The number of nitrogens with zero attached hydrogens (tertiary/aromatic N) is 3. The van der Waals surface area contributed by atoms with Crippen LogP contribution in [0.1, 0.15) is 17.5 Å². The maximum atomic E-state index is 12.2. The van der Waals surface area contributed by atoms with Crippen LogP contribution in [0.5, 0.6) is 5.75 Å². The second kappa shape index (κ2) is 7.72. The molecule has 0 radical (unpaired) electrons. The summed E-state index contributed by atoms with van der Waals surface area (Å²) in [6, 6.07) is 8.27. The molecule has 1 aromatic rings. The summed E-state index contributed by atoms with van der Waals surface area (Å²) in [5.74, 6) is 0.599. The van der Waals surface area contributed by atoms with Gasteiger partial charge >= 0.3 is 6.03 Å². The van der Waals surface area contributed by atoms with Crippen LogP contribution in [0.25, 0.3) is 0 Å². The third-order valence-corrected chi connectivity index (χ3v) is 4.96. The highest BCUT2D eigenvalue weighted by molar-refractivity contribution is 5.77. The molecule has 1 N–H and O–H groups in total. The SMILES string of the molecule is COCCN1C(=O)N[C@@H]2CN(Cc3ccc(OC)c(C#N)c3)CC[C@@H]21. The molecule has 1 aromatic carbocycles. The number of likely N-dealkylation sites (tertiary alicyclic amines) is 1. The molecule has 0 spiro atoms. The molecule has 7 heteroatoms. The van der Waals surface area contributed by atoms with Crippen LogP contribution in [0.15, 0.2) is 18.2 Å². The lowest BCUT2D eigenvalue weighted by atomic mass is 9.99. The highest BCUT2D eigenvalue weighted by Crippen LogP contribution is 2.25. The third kappa shape index (κ3) is 3.70. The van der Waals surface area contributed by atoms with Gasteiger partial charge in [-0.3, -0.25) is 4.90 Å². The van der Waals surface area contributed by atoms with Crippen molar-refractivity contribution in [1.29, 1.82) is 5.26 Å². The smallest absolute Gasteiger partial charge is 0.318 e. The lowest BCUT2D eigenvalue weighted by molar-refractivity contribution is 0.111. The van der Waals surface area contributed by atoms with Gasteiger partial charge in [0.15, 0.2) is 0 Å². The fourth-order valence-corrected chi connectivity index (χ4v) is 3.71. The van der Waals surface area contributed by atoms with E-state index in [1.807, 2.05) is 23.1 Å². The minimum absolute atomic E-state index is 0.00474. The monoisotopic (exact) mass is 344 g/mol. The van der Waals surface area contributed by atoms with E-state index in [9.17, 15) is 10.1 Å². The molecule has 0 unspecified atom stereocenters. The Kier molecular flexibility index (Phi) is 5.41. The number of piperidine rings is 1. The number of hydrogen-bond acceptors (Lipinski definition) is 5. The number of benzene rings is 1. The summed E-state index contributed by atoms with van der Waals surface area (Å²) in [7, 11) is 3.22. The number of nitrogens with one attached hydrogen (secondary N) is 1. The molecule has 2 amide bonds. The van der Waals surface area contributed by atoms with Crippen LogP contribution >= 0.6 is 0 Å². The van der Waals surface area contributed by atoms with E-state index in [-0.39, 0.29) is 18.1 Å². The molecular formula is C18H24N4O3. The Morgan fingerprint density at radius 3 is 2.96 bits per heavy atom. The lowest BCUT2D eigenvalue weighted by Gasteiger charge is -2.36. The van der Waals surface area contributed by atoms with E-state index in [1.54, 1.807) is 14.2 Å². The van der Waals surface area contributed by atoms with Crippen molar-refractivity contribution in [1.82, 2.24) is 15.1 Å². The zero-order chi connectivity index (χ0) is 17.8. The van der Waals surface area contributed by atoms with Crippen molar-refractivity contribution in [2.45, 2.75) is 25.0 Å². The van der Waals surface area contributed by atoms with Crippen LogP contribution in [0, 0.1) is 11.3 Å². The lowest BCUT2D eigenvalue weighted by Crippen LogP contribution is -2.51. The molecule has 0 aromatic heterocycles. The largest absolute Gasteiger partial charge is 0.495 e. The van der Waals surface area contributed by atoms with Gasteiger partial charge in [0, 0.05) is 33.3 Å². The fourth-order valence-electron chi connectivity index (χ4n) is 3.71. The molecule has 2 atom stereocenters. The summed E-state index contributed by atoms with van der Waals surface area (Å²) in [4.78, 5) is 16.4. The molecule has 2 heterocycles. The highest BCUT2D eigenvalue weighted by atomic mass is 16.5. The molecule has 2 fully saturated rings. The molecule has 0 aliphatic carbocycles. The maximum absolute atomic E-state index is 12.2. The van der Waals surface area contributed by atoms with Crippen LogP contribution in [0.3, 0.4) is 0 Å². The number of hydrogen-bond donors (Lipinski definition) is 1. The summed E-state index contributed by atoms with van der Waals surface area (Å²) in [6.07, 6.45) is 0.939. The first-order valence-corrected chi connectivity index (χ1v) is 8.51. The van der Waals surface area contributed by atoms with E-state index in [2.05, 4.69) is 16.3 Å². The summed E-state index contributed by atoms with van der Waals surface area (Å²) < 4.78 is 10.3. The van der Waals surface area contributed by atoms with Gasteiger partial charge in [-0.05, 0) is 24.1 Å². The summed E-state index contributed by atoms with van der Waals surface area (Å²) in [5, 5.41) is 12.3. The third-order valence-electron chi connectivity index (χ3n) is 4.96. The Morgan fingerprint density at radius 2 is 2.24 bits per heavy atom. The van der Waals surface area contributed by atoms with Crippen molar-refractivity contribution < 1.29 is 14.3 Å². The molecule has 2 aliphatic rings. The van der Waals surface area contributed by atoms with Gasteiger partial charge in [-0.1, -0.05) is 6.07 Å². The van der Waals surface area contributed by atoms with E-state index < -0.39 is 0 Å². The van der Waals surface area contributed by atoms with Crippen molar-refractivity contribution in [2.75, 3.05) is 40.5 Å². The Hall–Kier alpha value is -2.30. The minimum atomic E-state index is 0.00474. The van der Waals surface area contributed by atoms with Gasteiger partial charge in [0.05, 0.1) is 31.4 Å². The fraction of sp³-hybridized carbons (Fsp3) is 0.556. The zero-order valence-corrected chi connectivity index (χ0v) is 14.7. The summed E-state index contributed by atoms with van der Waals surface area (Å²) >= 11 is 0. The van der Waals surface area contributed by atoms with Gasteiger partial charge in [-0.15, -0.1) is 0 Å². The topological polar surface area (TPSA) is 77.8 Å². The van der Waals surface area contributed by atoms with Gasteiger partial charge in [-0.25, -0.2) is 4.79 Å². The van der Waals surface area contributed by atoms with E-state index in [4.69, 9.17) is 9.47 Å². The summed E-state index contributed by atoms with van der Waals surface area (Å²) in [6.45, 7) is 3.69. The number of methoxy groups -OCH3 is 2. The zero-order valence-electron chi connectivity index (χ0n) is 14.7. The number of urea groups is 1. The van der Waals surface area contributed by atoms with Crippen LogP contribution in [-0.4, -0.2) is 68.4 Å². The Bertz CT molecular complexity index is 673. The van der Waals surface area contributed by atoms with E-state index >= 15 is 0 Å². The standard InChI is InChI=1S/C18H24N4O3/c1-24-8-7-22-16-5-6-21(12-15(16)20-18(22)23)11-13-3-4-17(25-2)14(9-13)10-19/h3-4,9,15-16H,5-8,11-12H2,1-2H3,(H,20,23)/t15-,16+/m1/s1. The first-order chi connectivity index (χ1) is 12.2.